The summed E-state index contributed by atoms with van der Waals surface area (Å²) in [5.74, 6) is 0.494. The molecule has 1 aliphatic rings. The Morgan fingerprint density at radius 1 is 1.35 bits per heavy atom. The number of pyridine rings is 1. The average Bonchev–Trinajstić information content (AvgIpc) is 2.64. The van der Waals surface area contributed by atoms with Crippen LogP contribution in [0.4, 0.5) is 0 Å². The van der Waals surface area contributed by atoms with Crippen molar-refractivity contribution in [1.29, 1.82) is 0 Å². The maximum Gasteiger partial charge on any atom is 0.0581 e. The summed E-state index contributed by atoms with van der Waals surface area (Å²) in [6.45, 7) is 2.91. The van der Waals surface area contributed by atoms with Crippen LogP contribution in [0.25, 0.3) is 0 Å². The molecule has 1 fully saturated rings. The van der Waals surface area contributed by atoms with Gasteiger partial charge in [-0.25, -0.2) is 0 Å². The van der Waals surface area contributed by atoms with Gasteiger partial charge < -0.3 is 10.0 Å². The van der Waals surface area contributed by atoms with E-state index in [0.717, 1.165) is 31.5 Å². The van der Waals surface area contributed by atoms with Crippen molar-refractivity contribution in [3.63, 3.8) is 0 Å². The van der Waals surface area contributed by atoms with Gasteiger partial charge in [0.05, 0.1) is 11.8 Å². The lowest BCUT2D eigenvalue weighted by atomic mass is 9.95. The zero-order valence-electron chi connectivity index (χ0n) is 11.0. The second kappa shape index (κ2) is 5.15. The Morgan fingerprint density at radius 2 is 2.12 bits per heavy atom. The van der Waals surface area contributed by atoms with Gasteiger partial charge in [0.2, 0.25) is 0 Å². The van der Waals surface area contributed by atoms with Crippen LogP contribution in [0.5, 0.6) is 0 Å². The second-order valence-corrected chi connectivity index (χ2v) is 5.39. The number of aliphatic hydroxyl groups excluding tert-OH is 1. The average molecular weight is 234 g/mol. The van der Waals surface area contributed by atoms with E-state index in [0.29, 0.717) is 5.92 Å². The normalized spacial score (nSPS) is 24.5. The van der Waals surface area contributed by atoms with Gasteiger partial charge in [0, 0.05) is 12.2 Å². The number of aromatic nitrogens is 1. The summed E-state index contributed by atoms with van der Waals surface area (Å²) >= 11 is 0. The zero-order valence-corrected chi connectivity index (χ0v) is 11.0. The fourth-order valence-electron chi connectivity index (χ4n) is 2.66. The van der Waals surface area contributed by atoms with E-state index in [1.807, 2.05) is 6.92 Å². The molecule has 2 rings (SSSR count). The zero-order chi connectivity index (χ0) is 12.4. The maximum atomic E-state index is 9.66. The standard InChI is InChI=1S/C14H22N2O/c1-10-4-7-13(11-5-6-12(17)8-11)14(15-10)9-16(2)3/h4,7,11-12,17H,5-6,8-9H2,1-3H3/t11-,12+/m0/s1. The molecule has 2 atom stereocenters. The van der Waals surface area contributed by atoms with Crippen LogP contribution in [0.1, 0.15) is 42.1 Å². The largest absolute Gasteiger partial charge is 0.393 e. The molecule has 1 aromatic rings. The van der Waals surface area contributed by atoms with Gasteiger partial charge in [-0.2, -0.15) is 0 Å². The van der Waals surface area contributed by atoms with Crippen molar-refractivity contribution >= 4 is 0 Å². The second-order valence-electron chi connectivity index (χ2n) is 5.39. The van der Waals surface area contributed by atoms with E-state index in [9.17, 15) is 5.11 Å². The van der Waals surface area contributed by atoms with E-state index in [1.54, 1.807) is 0 Å². The molecule has 0 aromatic carbocycles. The molecule has 0 unspecified atom stereocenters. The number of aryl methyl sites for hydroxylation is 1. The number of aliphatic hydroxyl groups is 1. The highest BCUT2D eigenvalue weighted by Gasteiger charge is 2.26. The summed E-state index contributed by atoms with van der Waals surface area (Å²) in [6, 6.07) is 4.28. The van der Waals surface area contributed by atoms with Gasteiger partial charge in [0.15, 0.2) is 0 Å². The van der Waals surface area contributed by atoms with Crippen molar-refractivity contribution in [3.8, 4) is 0 Å². The first kappa shape index (κ1) is 12.5. The molecular weight excluding hydrogens is 212 g/mol. The summed E-state index contributed by atoms with van der Waals surface area (Å²) in [6.07, 6.45) is 2.80. The molecule has 0 saturated heterocycles. The Kier molecular flexibility index (Phi) is 3.79. The van der Waals surface area contributed by atoms with Crippen molar-refractivity contribution in [1.82, 2.24) is 9.88 Å². The Hall–Kier alpha value is -0.930. The monoisotopic (exact) mass is 234 g/mol. The summed E-state index contributed by atoms with van der Waals surface area (Å²) < 4.78 is 0. The summed E-state index contributed by atoms with van der Waals surface area (Å²) in [4.78, 5) is 6.81. The molecule has 1 N–H and O–H groups in total. The van der Waals surface area contributed by atoms with Crippen molar-refractivity contribution in [2.45, 2.75) is 44.8 Å². The minimum Gasteiger partial charge on any atom is -0.393 e. The van der Waals surface area contributed by atoms with E-state index in [4.69, 9.17) is 0 Å². The topological polar surface area (TPSA) is 36.4 Å². The molecule has 1 saturated carbocycles. The predicted molar refractivity (Wildman–Crippen MR) is 69.0 cm³/mol. The van der Waals surface area contributed by atoms with E-state index < -0.39 is 0 Å². The molecule has 17 heavy (non-hydrogen) atoms. The quantitative estimate of drug-likeness (QED) is 0.870. The fraction of sp³-hybridized carbons (Fsp3) is 0.643. The summed E-state index contributed by atoms with van der Waals surface area (Å²) in [7, 11) is 4.13. The number of hydrogen-bond donors (Lipinski definition) is 1. The van der Waals surface area contributed by atoms with E-state index in [1.165, 1.54) is 11.3 Å². The van der Waals surface area contributed by atoms with Gasteiger partial charge >= 0.3 is 0 Å². The third kappa shape index (κ3) is 3.05. The van der Waals surface area contributed by atoms with Crippen LogP contribution < -0.4 is 0 Å². The van der Waals surface area contributed by atoms with Crippen LogP contribution in [0, 0.1) is 6.92 Å². The van der Waals surface area contributed by atoms with Crippen molar-refractivity contribution < 1.29 is 5.11 Å². The van der Waals surface area contributed by atoms with Crippen LogP contribution in [-0.4, -0.2) is 35.2 Å². The van der Waals surface area contributed by atoms with Gasteiger partial charge in [0.1, 0.15) is 0 Å². The smallest absolute Gasteiger partial charge is 0.0581 e. The molecule has 3 heteroatoms. The molecule has 3 nitrogen and oxygen atoms in total. The number of rotatable bonds is 3. The van der Waals surface area contributed by atoms with Crippen molar-refractivity contribution in [3.05, 3.63) is 29.1 Å². The van der Waals surface area contributed by atoms with E-state index in [2.05, 4.69) is 36.1 Å². The third-order valence-corrected chi connectivity index (χ3v) is 3.46. The SMILES string of the molecule is Cc1ccc([C@H]2CC[C@@H](O)C2)c(CN(C)C)n1. The molecule has 94 valence electrons. The fourth-order valence-corrected chi connectivity index (χ4v) is 2.66. The van der Waals surface area contributed by atoms with E-state index in [-0.39, 0.29) is 6.10 Å². The molecule has 0 bridgehead atoms. The predicted octanol–water partition coefficient (Wildman–Crippen LogP) is 2.08. The summed E-state index contributed by atoms with van der Waals surface area (Å²) in [5.41, 5.74) is 3.58. The number of hydrogen-bond acceptors (Lipinski definition) is 3. The van der Waals surface area contributed by atoms with Crippen molar-refractivity contribution in [2.24, 2.45) is 0 Å². The molecular formula is C14H22N2O. The molecule has 1 heterocycles. The van der Waals surface area contributed by atoms with Crippen LogP contribution >= 0.6 is 0 Å². The highest BCUT2D eigenvalue weighted by Crippen LogP contribution is 2.35. The number of nitrogens with zero attached hydrogens (tertiary/aromatic N) is 2. The highest BCUT2D eigenvalue weighted by molar-refractivity contribution is 5.27. The molecule has 1 aromatic heterocycles. The van der Waals surface area contributed by atoms with Crippen LogP contribution in [-0.2, 0) is 6.54 Å². The highest BCUT2D eigenvalue weighted by atomic mass is 16.3. The lowest BCUT2D eigenvalue weighted by Gasteiger charge is -2.18. The van der Waals surface area contributed by atoms with Crippen molar-refractivity contribution in [2.75, 3.05) is 14.1 Å². The molecule has 0 amide bonds. The minimum absolute atomic E-state index is 0.117. The van der Waals surface area contributed by atoms with Crippen LogP contribution in [0.2, 0.25) is 0 Å². The van der Waals surface area contributed by atoms with Gasteiger partial charge in [-0.3, -0.25) is 4.98 Å². The van der Waals surface area contributed by atoms with E-state index >= 15 is 0 Å². The third-order valence-electron chi connectivity index (χ3n) is 3.46. The minimum atomic E-state index is -0.117. The first-order chi connectivity index (χ1) is 8.06. The molecule has 0 aliphatic heterocycles. The van der Waals surface area contributed by atoms with Gasteiger partial charge in [-0.1, -0.05) is 6.07 Å². The first-order valence-corrected chi connectivity index (χ1v) is 6.35. The Labute approximate surface area is 103 Å². The first-order valence-electron chi connectivity index (χ1n) is 6.35. The Morgan fingerprint density at radius 3 is 2.71 bits per heavy atom. The molecule has 0 spiro atoms. The summed E-state index contributed by atoms with van der Waals surface area (Å²) in [5, 5.41) is 9.66. The van der Waals surface area contributed by atoms with Gasteiger partial charge in [-0.05, 0) is 57.8 Å². The van der Waals surface area contributed by atoms with Crippen LogP contribution in [0.15, 0.2) is 12.1 Å². The van der Waals surface area contributed by atoms with Crippen LogP contribution in [0.3, 0.4) is 0 Å². The lowest BCUT2D eigenvalue weighted by Crippen LogP contribution is -2.15. The Balaban J connectivity index is 2.25. The van der Waals surface area contributed by atoms with Gasteiger partial charge in [-0.15, -0.1) is 0 Å². The lowest BCUT2D eigenvalue weighted by molar-refractivity contribution is 0.181. The maximum absolute atomic E-state index is 9.66. The molecule has 1 aliphatic carbocycles. The molecule has 0 radical (unpaired) electrons. The van der Waals surface area contributed by atoms with Gasteiger partial charge in [0.25, 0.3) is 0 Å². The Bertz CT molecular complexity index is 390.